The molecule has 0 heterocycles. The number of hydrogen-bond donors (Lipinski definition) is 2. The highest BCUT2D eigenvalue weighted by molar-refractivity contribution is 6.34. The molecule has 2 aromatic carbocycles. The molecule has 1 amide bonds. The maximum absolute atomic E-state index is 12.0. The molecule has 0 saturated carbocycles. The van der Waals surface area contributed by atoms with Crippen LogP contribution in [0.25, 0.3) is 6.08 Å². The van der Waals surface area contributed by atoms with Gasteiger partial charge in [0.1, 0.15) is 0 Å². The number of aryl methyl sites for hydroxylation is 2. The van der Waals surface area contributed by atoms with Crippen LogP contribution >= 0.6 is 11.6 Å². The van der Waals surface area contributed by atoms with Gasteiger partial charge in [-0.3, -0.25) is 4.79 Å². The number of amides is 1. The fraction of sp³-hybridized carbons (Fsp3) is 0.200. The van der Waals surface area contributed by atoms with Crippen LogP contribution in [0.3, 0.4) is 0 Å². The van der Waals surface area contributed by atoms with E-state index in [1.807, 2.05) is 19.9 Å². The van der Waals surface area contributed by atoms with E-state index in [1.165, 1.54) is 25.3 Å². The summed E-state index contributed by atoms with van der Waals surface area (Å²) in [5.74, 6) is -0.880. The molecule has 0 radical (unpaired) electrons. The van der Waals surface area contributed by atoms with Gasteiger partial charge in [0.2, 0.25) is 0 Å². The van der Waals surface area contributed by atoms with E-state index in [9.17, 15) is 14.7 Å². The van der Waals surface area contributed by atoms with Crippen molar-refractivity contribution < 1.29 is 24.2 Å². The van der Waals surface area contributed by atoms with Crippen LogP contribution in [0.15, 0.2) is 36.4 Å². The molecule has 0 spiro atoms. The topological polar surface area (TPSA) is 84.9 Å². The highest BCUT2D eigenvalue weighted by Gasteiger charge is 2.11. The number of methoxy groups -OCH3 is 1. The highest BCUT2D eigenvalue weighted by Crippen LogP contribution is 2.27. The Kier molecular flexibility index (Phi) is 6.85. The number of anilines is 1. The smallest absolute Gasteiger partial charge is 0.331 e. The van der Waals surface area contributed by atoms with E-state index in [0.29, 0.717) is 16.3 Å². The van der Waals surface area contributed by atoms with Crippen LogP contribution in [0.1, 0.15) is 16.7 Å². The van der Waals surface area contributed by atoms with Crippen molar-refractivity contribution in [2.24, 2.45) is 0 Å². The van der Waals surface area contributed by atoms with Gasteiger partial charge in [-0.25, -0.2) is 4.79 Å². The maximum atomic E-state index is 12.0. The molecule has 0 saturated heterocycles. The molecule has 2 N–H and O–H groups in total. The molecule has 2 aromatic rings. The van der Waals surface area contributed by atoms with Crippen LogP contribution in [-0.2, 0) is 14.3 Å². The van der Waals surface area contributed by atoms with Crippen LogP contribution < -0.4 is 10.1 Å². The number of phenols is 1. The van der Waals surface area contributed by atoms with Crippen LogP contribution in [0.5, 0.6) is 11.5 Å². The highest BCUT2D eigenvalue weighted by atomic mass is 35.5. The minimum atomic E-state index is -0.677. The number of rotatable bonds is 6. The summed E-state index contributed by atoms with van der Waals surface area (Å²) in [6.45, 7) is 3.29. The second-order valence-corrected chi connectivity index (χ2v) is 6.27. The van der Waals surface area contributed by atoms with E-state index in [4.69, 9.17) is 21.1 Å². The molecule has 0 aliphatic heterocycles. The molecule has 6 nitrogen and oxygen atoms in total. The van der Waals surface area contributed by atoms with E-state index >= 15 is 0 Å². The fourth-order valence-corrected chi connectivity index (χ4v) is 2.76. The molecule has 7 heteroatoms. The third kappa shape index (κ3) is 5.76. The van der Waals surface area contributed by atoms with Crippen LogP contribution in [0, 0.1) is 13.8 Å². The summed E-state index contributed by atoms with van der Waals surface area (Å²) in [7, 11) is 1.43. The third-order valence-corrected chi connectivity index (χ3v) is 3.96. The first kappa shape index (κ1) is 20.3. The minimum Gasteiger partial charge on any atom is -0.504 e. The van der Waals surface area contributed by atoms with Crippen LogP contribution in [0.4, 0.5) is 5.69 Å². The van der Waals surface area contributed by atoms with Gasteiger partial charge in [-0.15, -0.1) is 0 Å². The Morgan fingerprint density at radius 1 is 1.22 bits per heavy atom. The monoisotopic (exact) mass is 389 g/mol. The van der Waals surface area contributed by atoms with Gasteiger partial charge in [0.25, 0.3) is 5.91 Å². The lowest BCUT2D eigenvalue weighted by Gasteiger charge is -2.11. The molecule has 142 valence electrons. The Morgan fingerprint density at radius 2 is 1.96 bits per heavy atom. The van der Waals surface area contributed by atoms with Gasteiger partial charge in [-0.1, -0.05) is 23.7 Å². The summed E-state index contributed by atoms with van der Waals surface area (Å²) in [5.41, 5.74) is 2.93. The molecule has 0 unspecified atom stereocenters. The molecule has 0 aliphatic rings. The quantitative estimate of drug-likeness (QED) is 0.578. The average molecular weight is 390 g/mol. The lowest BCUT2D eigenvalue weighted by atomic mass is 10.1. The number of aromatic hydroxyl groups is 1. The van der Waals surface area contributed by atoms with Crippen molar-refractivity contribution >= 4 is 35.2 Å². The van der Waals surface area contributed by atoms with Crippen LogP contribution in [0.2, 0.25) is 5.02 Å². The van der Waals surface area contributed by atoms with E-state index in [2.05, 4.69) is 5.32 Å². The van der Waals surface area contributed by atoms with Crippen molar-refractivity contribution in [3.63, 3.8) is 0 Å². The summed E-state index contributed by atoms with van der Waals surface area (Å²) in [5, 5.41) is 12.6. The number of carbonyl (C=O) groups is 2. The van der Waals surface area contributed by atoms with Gasteiger partial charge in [0, 0.05) is 6.08 Å². The zero-order valence-corrected chi connectivity index (χ0v) is 16.0. The Hall–Kier alpha value is -2.99. The number of benzene rings is 2. The molecule has 0 fully saturated rings. The van der Waals surface area contributed by atoms with Gasteiger partial charge in [-0.2, -0.15) is 0 Å². The Morgan fingerprint density at radius 3 is 2.63 bits per heavy atom. The lowest BCUT2D eigenvalue weighted by molar-refractivity contribution is -0.142. The molecule has 0 bridgehead atoms. The van der Waals surface area contributed by atoms with Gasteiger partial charge >= 0.3 is 5.97 Å². The fourth-order valence-electron chi connectivity index (χ4n) is 2.40. The number of carbonyl (C=O) groups excluding carboxylic acids is 2. The molecule has 0 aliphatic carbocycles. The van der Waals surface area contributed by atoms with Gasteiger partial charge < -0.3 is 19.9 Å². The first-order valence-electron chi connectivity index (χ1n) is 8.08. The summed E-state index contributed by atoms with van der Waals surface area (Å²) < 4.78 is 9.91. The number of esters is 1. The van der Waals surface area contributed by atoms with Crippen molar-refractivity contribution in [3.05, 3.63) is 58.1 Å². The molecule has 0 aromatic heterocycles. The number of ether oxygens (including phenoxy) is 2. The normalized spacial score (nSPS) is 10.7. The second kappa shape index (κ2) is 9.09. The van der Waals surface area contributed by atoms with E-state index in [1.54, 1.807) is 18.2 Å². The Bertz CT molecular complexity index is 869. The molecular formula is C20H20ClNO5. The second-order valence-electron chi connectivity index (χ2n) is 5.86. The Labute approximate surface area is 162 Å². The standard InChI is InChI=1S/C20H20ClNO5/c1-12-8-13(2)20(15(21)9-12)22-18(24)11-27-19(25)7-5-14-4-6-16(23)17(10-14)26-3/h4-10,23H,11H2,1-3H3,(H,22,24)/b7-5+. The molecule has 0 atom stereocenters. The summed E-state index contributed by atoms with van der Waals surface area (Å²) in [4.78, 5) is 23.8. The minimum absolute atomic E-state index is 0.000965. The molecule has 27 heavy (non-hydrogen) atoms. The number of nitrogens with one attached hydrogen (secondary N) is 1. The predicted octanol–water partition coefficient (Wildman–Crippen LogP) is 3.87. The average Bonchev–Trinajstić information content (AvgIpc) is 2.62. The predicted molar refractivity (Wildman–Crippen MR) is 104 cm³/mol. The van der Waals surface area contributed by atoms with Crippen molar-refractivity contribution in [2.75, 3.05) is 19.0 Å². The molecular weight excluding hydrogens is 370 g/mol. The first-order chi connectivity index (χ1) is 12.8. The van der Waals surface area contributed by atoms with Crippen molar-refractivity contribution in [1.82, 2.24) is 0 Å². The van der Waals surface area contributed by atoms with Gasteiger partial charge in [0.15, 0.2) is 18.1 Å². The lowest BCUT2D eigenvalue weighted by Crippen LogP contribution is -2.20. The number of halogens is 1. The van der Waals surface area contributed by atoms with Crippen molar-refractivity contribution in [2.45, 2.75) is 13.8 Å². The van der Waals surface area contributed by atoms with Crippen LogP contribution in [-0.4, -0.2) is 30.7 Å². The van der Waals surface area contributed by atoms with Gasteiger partial charge in [0.05, 0.1) is 17.8 Å². The maximum Gasteiger partial charge on any atom is 0.331 e. The number of phenolic OH excluding ortho intramolecular Hbond substituents is 1. The van der Waals surface area contributed by atoms with Crippen molar-refractivity contribution in [1.29, 1.82) is 0 Å². The van der Waals surface area contributed by atoms with E-state index in [0.717, 1.165) is 11.1 Å². The Balaban J connectivity index is 1.91. The van der Waals surface area contributed by atoms with Gasteiger partial charge in [-0.05, 0) is 54.8 Å². The van der Waals surface area contributed by atoms with E-state index < -0.39 is 18.5 Å². The largest absolute Gasteiger partial charge is 0.504 e. The summed E-state index contributed by atoms with van der Waals surface area (Å²) >= 11 is 6.13. The summed E-state index contributed by atoms with van der Waals surface area (Å²) in [6.07, 6.45) is 2.67. The molecule has 2 rings (SSSR count). The summed E-state index contributed by atoms with van der Waals surface area (Å²) in [6, 6.07) is 8.25. The SMILES string of the molecule is COc1cc(/C=C/C(=O)OCC(=O)Nc2c(C)cc(C)cc2Cl)ccc1O. The number of hydrogen-bond acceptors (Lipinski definition) is 5. The zero-order valence-electron chi connectivity index (χ0n) is 15.2. The first-order valence-corrected chi connectivity index (χ1v) is 8.46. The van der Waals surface area contributed by atoms with Crippen molar-refractivity contribution in [3.8, 4) is 11.5 Å². The third-order valence-electron chi connectivity index (χ3n) is 3.66. The zero-order chi connectivity index (χ0) is 20.0. The van der Waals surface area contributed by atoms with E-state index in [-0.39, 0.29) is 11.5 Å².